The number of hydrogen-bond donors (Lipinski definition) is 1. The molecule has 3 nitrogen and oxygen atoms in total. The molecule has 0 radical (unpaired) electrons. The minimum absolute atomic E-state index is 0.0277. The van der Waals surface area contributed by atoms with Crippen molar-refractivity contribution in [1.29, 1.82) is 0 Å². The summed E-state index contributed by atoms with van der Waals surface area (Å²) in [6, 6.07) is 0. The Labute approximate surface area is 84.0 Å². The van der Waals surface area contributed by atoms with Crippen LogP contribution in [0, 0.1) is 5.92 Å². The summed E-state index contributed by atoms with van der Waals surface area (Å²) in [7, 11) is 0. The van der Waals surface area contributed by atoms with Gasteiger partial charge in [-0.3, -0.25) is 0 Å². The van der Waals surface area contributed by atoms with E-state index in [4.69, 9.17) is 4.74 Å². The molecule has 0 bridgehead atoms. The van der Waals surface area contributed by atoms with Gasteiger partial charge in [-0.25, -0.2) is 0 Å². The van der Waals surface area contributed by atoms with Gasteiger partial charge in [0.1, 0.15) is 0 Å². The summed E-state index contributed by atoms with van der Waals surface area (Å²) in [5.74, 6) is 0.0277. The predicted molar refractivity (Wildman–Crippen MR) is 45.9 cm³/mol. The first-order chi connectivity index (χ1) is 6.24. The molecule has 0 aromatic heterocycles. The van der Waals surface area contributed by atoms with Crippen LogP contribution >= 0.6 is 0 Å². The maximum atomic E-state index is 11.2. The van der Waals surface area contributed by atoms with E-state index < -0.39 is 0 Å². The van der Waals surface area contributed by atoms with E-state index >= 15 is 0 Å². The number of piperidine rings is 1. The molecule has 0 aromatic carbocycles. The third-order valence-electron chi connectivity index (χ3n) is 3.02. The van der Waals surface area contributed by atoms with E-state index in [2.05, 4.69) is 33.5 Å². The first-order valence-corrected chi connectivity index (χ1v) is 5.21. The van der Waals surface area contributed by atoms with E-state index in [1.165, 1.54) is 5.70 Å². The number of hydrogen-bond acceptors (Lipinski definition) is 2. The zero-order valence-electron chi connectivity index (χ0n) is 6.90. The van der Waals surface area contributed by atoms with Crippen molar-refractivity contribution in [3.8, 4) is 0 Å². The third kappa shape index (κ3) is 0.891. The van der Waals surface area contributed by atoms with Gasteiger partial charge in [0, 0.05) is 0 Å². The molecule has 0 aromatic rings. The molecule has 0 saturated carbocycles. The molecule has 2 heterocycles. The van der Waals surface area contributed by atoms with Gasteiger partial charge in [-0.15, -0.1) is 0 Å². The third-order valence-corrected chi connectivity index (χ3v) is 3.65. The summed E-state index contributed by atoms with van der Waals surface area (Å²) in [6.45, 7) is 0.811. The zero-order chi connectivity index (χ0) is 9.05. The van der Waals surface area contributed by atoms with E-state index in [0.717, 1.165) is 6.54 Å². The number of allylic oxidation sites excluding steroid dienone is 2. The zero-order valence-corrected chi connectivity index (χ0v) is 8.61. The van der Waals surface area contributed by atoms with Crippen LogP contribution in [0.25, 0.3) is 0 Å². The van der Waals surface area contributed by atoms with Crippen molar-refractivity contribution >= 4 is 20.7 Å². The summed E-state index contributed by atoms with van der Waals surface area (Å²) in [5.41, 5.74) is 1.03. The van der Waals surface area contributed by atoms with Gasteiger partial charge in [0.15, 0.2) is 0 Å². The van der Waals surface area contributed by atoms with Gasteiger partial charge in [0.25, 0.3) is 0 Å². The van der Waals surface area contributed by atoms with Crippen LogP contribution in [-0.2, 0) is 9.53 Å². The quantitative estimate of drug-likeness (QED) is 0.448. The number of nitrogens with two attached hydrogens (primary N) is 1. The van der Waals surface area contributed by atoms with Crippen molar-refractivity contribution in [3.05, 3.63) is 23.9 Å². The molecule has 3 rings (SSSR count). The average Bonchev–Trinajstić information content (AvgIpc) is 2.66. The van der Waals surface area contributed by atoms with E-state index in [-0.39, 0.29) is 22.3 Å². The van der Waals surface area contributed by atoms with Crippen LogP contribution in [0.2, 0.25) is 0 Å². The molecular formula is C9H9NO2Se. The molecule has 2 saturated heterocycles. The van der Waals surface area contributed by atoms with Crippen molar-refractivity contribution in [3.63, 3.8) is 0 Å². The van der Waals surface area contributed by atoms with Crippen molar-refractivity contribution in [2.45, 2.75) is 11.7 Å². The normalized spacial score (nSPS) is 45.1. The molecule has 2 aliphatic heterocycles. The minimum atomic E-state index is -0.206. The molecule has 68 valence electrons. The topological polar surface area (TPSA) is 46.2 Å². The molecular weight excluding hydrogens is 233 g/mol. The fourth-order valence-electron chi connectivity index (χ4n) is 2.27. The Balaban J connectivity index is 1.94. The van der Waals surface area contributed by atoms with Gasteiger partial charge in [-0.1, -0.05) is 0 Å². The Kier molecular flexibility index (Phi) is 1.43. The van der Waals surface area contributed by atoms with Gasteiger partial charge < -0.3 is 0 Å². The predicted octanol–water partition coefficient (Wildman–Crippen LogP) is -1.53. The number of carbonyl (C=O) groups excluding carboxylic acids is 1. The Morgan fingerprint density at radius 1 is 1.77 bits per heavy atom. The number of epoxide rings is 1. The van der Waals surface area contributed by atoms with Crippen molar-refractivity contribution in [1.82, 2.24) is 0 Å². The van der Waals surface area contributed by atoms with Crippen LogP contribution in [0.5, 0.6) is 0 Å². The Morgan fingerprint density at radius 2 is 2.62 bits per heavy atom. The number of carbonyl (C=O) groups is 1. The molecule has 1 spiro atoms. The van der Waals surface area contributed by atoms with E-state index in [9.17, 15) is 4.79 Å². The van der Waals surface area contributed by atoms with Crippen LogP contribution in [0.1, 0.15) is 0 Å². The maximum absolute atomic E-state index is 11.2. The Morgan fingerprint density at radius 3 is 3.38 bits per heavy atom. The van der Waals surface area contributed by atoms with Gasteiger partial charge in [0.05, 0.1) is 0 Å². The van der Waals surface area contributed by atoms with Crippen LogP contribution in [0.15, 0.2) is 23.9 Å². The van der Waals surface area contributed by atoms with Crippen LogP contribution < -0.4 is 5.32 Å². The molecule has 2 N–H and O–H groups in total. The first kappa shape index (κ1) is 7.94. The van der Waals surface area contributed by atoms with Crippen LogP contribution in [-0.4, -0.2) is 38.9 Å². The second kappa shape index (κ2) is 2.34. The second-order valence-electron chi connectivity index (χ2n) is 3.68. The molecule has 13 heavy (non-hydrogen) atoms. The molecule has 3 aliphatic rings. The van der Waals surface area contributed by atoms with Crippen LogP contribution in [0.3, 0.4) is 0 Å². The van der Waals surface area contributed by atoms with Crippen molar-refractivity contribution in [2.24, 2.45) is 5.92 Å². The van der Waals surface area contributed by atoms with Gasteiger partial charge >= 0.3 is 83.6 Å². The summed E-state index contributed by atoms with van der Waals surface area (Å²) in [6.07, 6.45) is 6.23. The van der Waals surface area contributed by atoms with Gasteiger partial charge in [-0.05, 0) is 0 Å². The Hall–Kier alpha value is -0.411. The van der Waals surface area contributed by atoms with Crippen molar-refractivity contribution in [2.75, 3.05) is 6.54 Å². The van der Waals surface area contributed by atoms with Gasteiger partial charge in [-0.2, -0.15) is 0 Å². The molecule has 1 aliphatic carbocycles. The fraction of sp³-hybridized carbons (Fsp3) is 0.444. The van der Waals surface area contributed by atoms with E-state index in [0.29, 0.717) is 0 Å². The Bertz CT molecular complexity index is 350. The van der Waals surface area contributed by atoms with Crippen LogP contribution in [0.4, 0.5) is 0 Å². The second-order valence-corrected chi connectivity index (χ2v) is 4.52. The molecule has 3 unspecified atom stereocenters. The number of ether oxygens (including phenoxy) is 1. The van der Waals surface area contributed by atoms with Crippen molar-refractivity contribution < 1.29 is 14.8 Å². The summed E-state index contributed by atoms with van der Waals surface area (Å²) in [5, 5.41) is 2.11. The summed E-state index contributed by atoms with van der Waals surface area (Å²) in [4.78, 5) is 11.2. The molecule has 2 fully saturated rings. The SMILES string of the molecule is O=C([Se-])C1C[NH2+]C2=CC=CC23OC13. The van der Waals surface area contributed by atoms with Gasteiger partial charge in [0.2, 0.25) is 0 Å². The van der Waals surface area contributed by atoms with E-state index in [1.54, 1.807) is 0 Å². The van der Waals surface area contributed by atoms with E-state index in [1.807, 2.05) is 6.08 Å². The number of rotatable bonds is 1. The monoisotopic (exact) mass is 243 g/mol. The average molecular weight is 242 g/mol. The standard InChI is InChI=1S/C9H9NO2Se/c11-8(13)5-4-10-6-2-1-3-9(6)7(5)12-9/h1-3,5,7,10H,4H2,(H,11,13). The molecule has 0 amide bonds. The molecule has 4 heteroatoms. The molecule has 3 atom stereocenters. The summed E-state index contributed by atoms with van der Waals surface area (Å²) < 4.78 is 5.76. The summed E-state index contributed by atoms with van der Waals surface area (Å²) >= 11 is 2.56. The number of quaternary nitrogens is 1. The first-order valence-electron chi connectivity index (χ1n) is 4.36. The fourth-order valence-corrected chi connectivity index (χ4v) is 2.73.